The van der Waals surface area contributed by atoms with Crippen LogP contribution in [0.3, 0.4) is 0 Å². The summed E-state index contributed by atoms with van der Waals surface area (Å²) in [6.45, 7) is 2.05. The maximum absolute atomic E-state index is 13.0. The Morgan fingerprint density at radius 2 is 1.61 bits per heavy atom. The minimum absolute atomic E-state index is 0.268. The fourth-order valence-corrected chi connectivity index (χ4v) is 1.68. The average molecular weight is 251 g/mol. The molecule has 2 aromatic rings. The predicted octanol–water partition coefficient (Wildman–Crippen LogP) is 4.02. The lowest BCUT2D eigenvalue weighted by Crippen LogP contribution is -2.01. The van der Waals surface area contributed by atoms with E-state index in [1.54, 1.807) is 19.1 Å². The fourth-order valence-electron chi connectivity index (χ4n) is 1.68. The molecule has 4 heteroatoms. The molecule has 1 N–H and O–H groups in total. The quantitative estimate of drug-likeness (QED) is 0.868. The number of anilines is 1. The van der Waals surface area contributed by atoms with Crippen LogP contribution in [0.1, 0.15) is 11.1 Å². The molecule has 1 nitrogen and oxygen atoms in total. The van der Waals surface area contributed by atoms with E-state index in [4.69, 9.17) is 0 Å². The predicted molar refractivity (Wildman–Crippen MR) is 64.8 cm³/mol. The third-order valence-corrected chi connectivity index (χ3v) is 2.58. The molecule has 0 saturated carbocycles. The van der Waals surface area contributed by atoms with Crippen molar-refractivity contribution in [1.82, 2.24) is 0 Å². The summed E-state index contributed by atoms with van der Waals surface area (Å²) in [7, 11) is 0. The number of nitrogens with one attached hydrogen (secondary N) is 1. The first-order valence-electron chi connectivity index (χ1n) is 5.49. The molecule has 0 amide bonds. The summed E-state index contributed by atoms with van der Waals surface area (Å²) >= 11 is 0. The average Bonchev–Trinajstić information content (AvgIpc) is 2.29. The van der Waals surface area contributed by atoms with Crippen molar-refractivity contribution in [2.75, 3.05) is 5.32 Å². The maximum Gasteiger partial charge on any atom is 0.128 e. The van der Waals surface area contributed by atoms with Gasteiger partial charge in [0.05, 0.1) is 0 Å². The van der Waals surface area contributed by atoms with Gasteiger partial charge in [-0.25, -0.2) is 13.2 Å². The fraction of sp³-hybridized carbons (Fsp3) is 0.143. The molecule has 0 aromatic heterocycles. The Morgan fingerprint density at radius 1 is 0.944 bits per heavy atom. The third kappa shape index (κ3) is 3.03. The number of aryl methyl sites for hydroxylation is 1. The second-order valence-electron chi connectivity index (χ2n) is 4.10. The lowest BCUT2D eigenvalue weighted by molar-refractivity contribution is 0.584. The van der Waals surface area contributed by atoms with Crippen LogP contribution in [0.5, 0.6) is 0 Å². The highest BCUT2D eigenvalue weighted by Gasteiger charge is 2.02. The van der Waals surface area contributed by atoms with Gasteiger partial charge in [-0.1, -0.05) is 12.1 Å². The molecule has 0 aliphatic heterocycles. The monoisotopic (exact) mass is 251 g/mol. The summed E-state index contributed by atoms with van der Waals surface area (Å²) in [5.74, 6) is -1.53. The second-order valence-corrected chi connectivity index (χ2v) is 4.10. The molecule has 2 rings (SSSR count). The Balaban J connectivity index is 2.08. The standard InChI is InChI=1S/C14H12F3N/c1-9-4-10(2-3-14(9)17)8-18-13-6-11(15)5-12(16)7-13/h2-7,18H,8H2,1H3. The van der Waals surface area contributed by atoms with Gasteiger partial charge in [0, 0.05) is 18.3 Å². The minimum Gasteiger partial charge on any atom is -0.381 e. The zero-order valence-electron chi connectivity index (χ0n) is 9.81. The van der Waals surface area contributed by atoms with Crippen molar-refractivity contribution in [3.05, 3.63) is 65.0 Å². The Hall–Kier alpha value is -1.97. The van der Waals surface area contributed by atoms with Crippen molar-refractivity contribution in [2.24, 2.45) is 0 Å². The van der Waals surface area contributed by atoms with Crippen molar-refractivity contribution in [2.45, 2.75) is 13.5 Å². The maximum atomic E-state index is 13.0. The highest BCUT2D eigenvalue weighted by atomic mass is 19.1. The zero-order chi connectivity index (χ0) is 13.1. The van der Waals surface area contributed by atoms with Crippen LogP contribution >= 0.6 is 0 Å². The Kier molecular flexibility index (Phi) is 3.55. The summed E-state index contributed by atoms with van der Waals surface area (Å²) in [5, 5.41) is 2.89. The molecule has 94 valence electrons. The van der Waals surface area contributed by atoms with Crippen LogP contribution in [0.2, 0.25) is 0 Å². The lowest BCUT2D eigenvalue weighted by atomic mass is 10.1. The van der Waals surface area contributed by atoms with Crippen molar-refractivity contribution >= 4 is 5.69 Å². The van der Waals surface area contributed by atoms with Gasteiger partial charge in [0.15, 0.2) is 0 Å². The number of hydrogen-bond donors (Lipinski definition) is 1. The molecule has 0 bridgehead atoms. The van der Waals surface area contributed by atoms with E-state index in [1.165, 1.54) is 18.2 Å². The van der Waals surface area contributed by atoms with Gasteiger partial charge >= 0.3 is 0 Å². The highest BCUT2D eigenvalue weighted by Crippen LogP contribution is 2.15. The van der Waals surface area contributed by atoms with E-state index in [0.29, 0.717) is 17.8 Å². The number of halogens is 3. The molecule has 0 saturated heterocycles. The van der Waals surface area contributed by atoms with Crippen LogP contribution < -0.4 is 5.32 Å². The van der Waals surface area contributed by atoms with Gasteiger partial charge in [-0.2, -0.15) is 0 Å². The van der Waals surface area contributed by atoms with Crippen molar-refractivity contribution in [1.29, 1.82) is 0 Å². The van der Waals surface area contributed by atoms with Crippen molar-refractivity contribution < 1.29 is 13.2 Å². The van der Waals surface area contributed by atoms with E-state index >= 15 is 0 Å². The van der Waals surface area contributed by atoms with Crippen molar-refractivity contribution in [3.8, 4) is 0 Å². The van der Waals surface area contributed by atoms with E-state index in [0.717, 1.165) is 11.6 Å². The molecule has 0 heterocycles. The van der Waals surface area contributed by atoms with Gasteiger partial charge in [-0.3, -0.25) is 0 Å². The first kappa shape index (κ1) is 12.5. The zero-order valence-corrected chi connectivity index (χ0v) is 9.81. The smallest absolute Gasteiger partial charge is 0.128 e. The summed E-state index contributed by atoms with van der Waals surface area (Å²) in [5.41, 5.74) is 1.74. The summed E-state index contributed by atoms with van der Waals surface area (Å²) in [4.78, 5) is 0. The van der Waals surface area contributed by atoms with E-state index in [-0.39, 0.29) is 5.82 Å². The molecule has 0 unspecified atom stereocenters. The van der Waals surface area contributed by atoms with E-state index in [2.05, 4.69) is 5.32 Å². The molecule has 2 aromatic carbocycles. The Bertz CT molecular complexity index is 547. The summed E-state index contributed by atoms with van der Waals surface area (Å²) in [6, 6.07) is 7.92. The van der Waals surface area contributed by atoms with Gasteiger partial charge in [0.2, 0.25) is 0 Å². The van der Waals surface area contributed by atoms with E-state index in [1.807, 2.05) is 0 Å². The molecular formula is C14H12F3N. The van der Waals surface area contributed by atoms with Crippen LogP contribution in [0.4, 0.5) is 18.9 Å². The molecule has 0 radical (unpaired) electrons. The number of rotatable bonds is 3. The first-order chi connectivity index (χ1) is 8.54. The molecule has 0 aliphatic rings. The molecule has 0 atom stereocenters. The molecule has 18 heavy (non-hydrogen) atoms. The van der Waals surface area contributed by atoms with Crippen LogP contribution in [-0.4, -0.2) is 0 Å². The van der Waals surface area contributed by atoms with E-state index in [9.17, 15) is 13.2 Å². The van der Waals surface area contributed by atoms with Gasteiger partial charge < -0.3 is 5.32 Å². The Morgan fingerprint density at radius 3 is 2.22 bits per heavy atom. The molecule has 0 spiro atoms. The highest BCUT2D eigenvalue weighted by molar-refractivity contribution is 5.44. The normalized spacial score (nSPS) is 10.4. The topological polar surface area (TPSA) is 12.0 Å². The number of benzene rings is 2. The van der Waals surface area contributed by atoms with Crippen LogP contribution in [-0.2, 0) is 6.54 Å². The first-order valence-corrected chi connectivity index (χ1v) is 5.49. The minimum atomic E-state index is -0.632. The molecular weight excluding hydrogens is 239 g/mol. The number of hydrogen-bond acceptors (Lipinski definition) is 1. The second kappa shape index (κ2) is 5.12. The molecule has 0 fully saturated rings. The van der Waals surface area contributed by atoms with Gasteiger partial charge in [0.1, 0.15) is 17.5 Å². The molecule has 0 aliphatic carbocycles. The van der Waals surface area contributed by atoms with Crippen LogP contribution in [0.25, 0.3) is 0 Å². The van der Waals surface area contributed by atoms with Gasteiger partial charge in [-0.05, 0) is 36.2 Å². The van der Waals surface area contributed by atoms with E-state index < -0.39 is 11.6 Å². The third-order valence-electron chi connectivity index (χ3n) is 2.58. The SMILES string of the molecule is Cc1cc(CNc2cc(F)cc(F)c2)ccc1F. The largest absolute Gasteiger partial charge is 0.381 e. The lowest BCUT2D eigenvalue weighted by Gasteiger charge is -2.08. The van der Waals surface area contributed by atoms with Gasteiger partial charge in [0.25, 0.3) is 0 Å². The summed E-state index contributed by atoms with van der Waals surface area (Å²) in [6.07, 6.45) is 0. The van der Waals surface area contributed by atoms with Crippen molar-refractivity contribution in [3.63, 3.8) is 0 Å². The summed E-state index contributed by atoms with van der Waals surface area (Å²) < 4.78 is 38.9. The Labute approximate surface area is 103 Å². The van der Waals surface area contributed by atoms with Gasteiger partial charge in [-0.15, -0.1) is 0 Å². The van der Waals surface area contributed by atoms with Crippen LogP contribution in [0, 0.1) is 24.4 Å². The van der Waals surface area contributed by atoms with Crippen LogP contribution in [0.15, 0.2) is 36.4 Å².